The highest BCUT2D eigenvalue weighted by Gasteiger charge is 2.28. The molecule has 0 saturated heterocycles. The summed E-state index contributed by atoms with van der Waals surface area (Å²) in [6.45, 7) is 3.12. The van der Waals surface area contributed by atoms with E-state index in [1.165, 1.54) is 21.9 Å². The highest BCUT2D eigenvalue weighted by atomic mass is 32.2. The van der Waals surface area contributed by atoms with E-state index < -0.39 is 11.6 Å². The summed E-state index contributed by atoms with van der Waals surface area (Å²) in [6.07, 6.45) is 0. The molecular formula is C31H26FO3S+. The van der Waals surface area contributed by atoms with Gasteiger partial charge in [0.2, 0.25) is 0 Å². The number of rotatable bonds is 7. The zero-order valence-corrected chi connectivity index (χ0v) is 20.9. The molecule has 36 heavy (non-hydrogen) atoms. The maximum absolute atomic E-state index is 13.3. The van der Waals surface area contributed by atoms with Crippen LogP contribution in [0.5, 0.6) is 5.75 Å². The molecule has 0 saturated carbocycles. The van der Waals surface area contributed by atoms with Crippen molar-refractivity contribution in [3.63, 3.8) is 0 Å². The van der Waals surface area contributed by atoms with E-state index >= 15 is 0 Å². The number of hydrogen-bond donors (Lipinski definition) is 0. The van der Waals surface area contributed by atoms with E-state index in [1.54, 1.807) is 26.0 Å². The smallest absolute Gasteiger partial charge is 0.345 e. The fourth-order valence-electron chi connectivity index (χ4n) is 3.46. The topological polar surface area (TPSA) is 35.5 Å². The molecule has 180 valence electrons. The van der Waals surface area contributed by atoms with Crippen LogP contribution in [-0.4, -0.2) is 18.2 Å². The minimum absolute atomic E-state index is 0.243. The molecule has 0 fully saturated rings. The van der Waals surface area contributed by atoms with E-state index in [1.807, 2.05) is 60.7 Å². The molecule has 0 N–H and O–H groups in total. The number of ether oxygens (including phenoxy) is 2. The number of benzene rings is 4. The van der Waals surface area contributed by atoms with Crippen molar-refractivity contribution in [3.8, 4) is 17.6 Å². The van der Waals surface area contributed by atoms with Crippen molar-refractivity contribution >= 4 is 16.9 Å². The first kappa shape index (κ1) is 25.1. The zero-order valence-electron chi connectivity index (χ0n) is 20.1. The van der Waals surface area contributed by atoms with E-state index in [0.29, 0.717) is 11.3 Å². The lowest BCUT2D eigenvalue weighted by Crippen LogP contribution is -2.29. The third kappa shape index (κ3) is 7.00. The summed E-state index contributed by atoms with van der Waals surface area (Å²) < 4.78 is 24.5. The lowest BCUT2D eigenvalue weighted by Gasteiger charge is -2.19. The maximum Gasteiger partial charge on any atom is 0.345 e. The van der Waals surface area contributed by atoms with Gasteiger partial charge in [0.15, 0.2) is 26.9 Å². The summed E-state index contributed by atoms with van der Waals surface area (Å²) >= 11 is 0. The van der Waals surface area contributed by atoms with Crippen molar-refractivity contribution in [1.82, 2.24) is 0 Å². The molecule has 0 spiro atoms. The van der Waals surface area contributed by atoms with Gasteiger partial charge in [0, 0.05) is 5.56 Å². The highest BCUT2D eigenvalue weighted by Crippen LogP contribution is 2.31. The van der Waals surface area contributed by atoms with Crippen LogP contribution in [0.4, 0.5) is 4.39 Å². The Morgan fingerprint density at radius 3 is 1.97 bits per heavy atom. The van der Waals surface area contributed by atoms with E-state index in [9.17, 15) is 9.18 Å². The van der Waals surface area contributed by atoms with Crippen LogP contribution in [0.2, 0.25) is 0 Å². The van der Waals surface area contributed by atoms with E-state index in [4.69, 9.17) is 9.47 Å². The van der Waals surface area contributed by atoms with Gasteiger partial charge in [0.25, 0.3) is 0 Å². The van der Waals surface area contributed by atoms with Crippen LogP contribution in [-0.2, 0) is 20.4 Å². The third-order valence-electron chi connectivity index (χ3n) is 5.08. The predicted octanol–water partition coefficient (Wildman–Crippen LogP) is 6.67. The second-order valence-corrected chi connectivity index (χ2v) is 10.5. The number of carbonyl (C=O) groups excluding carboxylic acids is 1. The molecule has 0 radical (unpaired) electrons. The molecule has 0 unspecified atom stereocenters. The van der Waals surface area contributed by atoms with Gasteiger partial charge >= 0.3 is 5.97 Å². The van der Waals surface area contributed by atoms with Crippen LogP contribution in [0.15, 0.2) is 124 Å². The Morgan fingerprint density at radius 2 is 1.39 bits per heavy atom. The number of halogens is 1. The summed E-state index contributed by atoms with van der Waals surface area (Å²) in [5.74, 6) is 5.38. The average Bonchev–Trinajstić information content (AvgIpc) is 2.88. The van der Waals surface area contributed by atoms with Crippen molar-refractivity contribution in [2.45, 2.75) is 34.1 Å². The van der Waals surface area contributed by atoms with Crippen molar-refractivity contribution in [2.75, 3.05) is 6.61 Å². The van der Waals surface area contributed by atoms with Gasteiger partial charge < -0.3 is 9.47 Å². The lowest BCUT2D eigenvalue weighted by atomic mass is 10.1. The first-order valence-corrected chi connectivity index (χ1v) is 12.7. The molecule has 4 rings (SSSR count). The van der Waals surface area contributed by atoms with Crippen LogP contribution in [0.1, 0.15) is 19.4 Å². The SMILES string of the molecule is CC(C)(C#Cc1cccc(F)c1)OC(=O)COc1ccc([S+](c2ccccc2)c2ccccc2)cc1. The Balaban J connectivity index is 1.39. The Bertz CT molecular complexity index is 1320. The second-order valence-electron chi connectivity index (χ2n) is 8.44. The molecule has 5 heteroatoms. The van der Waals surface area contributed by atoms with Gasteiger partial charge in [-0.3, -0.25) is 0 Å². The lowest BCUT2D eigenvalue weighted by molar-refractivity contribution is -0.154. The summed E-state index contributed by atoms with van der Waals surface area (Å²) in [6, 6.07) is 34.5. The first-order valence-electron chi connectivity index (χ1n) is 11.5. The van der Waals surface area contributed by atoms with Crippen molar-refractivity contribution in [1.29, 1.82) is 0 Å². The Kier molecular flexibility index (Phi) is 8.10. The predicted molar refractivity (Wildman–Crippen MR) is 140 cm³/mol. The minimum Gasteiger partial charge on any atom is -0.482 e. The van der Waals surface area contributed by atoms with Crippen LogP contribution in [0, 0.1) is 17.7 Å². The Hall–Kier alpha value is -4.01. The molecule has 0 heterocycles. The molecule has 3 nitrogen and oxygen atoms in total. The zero-order chi connectivity index (χ0) is 25.4. The fraction of sp³-hybridized carbons (Fsp3) is 0.129. The molecular weight excluding hydrogens is 471 g/mol. The maximum atomic E-state index is 13.3. The van der Waals surface area contributed by atoms with E-state index in [-0.39, 0.29) is 23.3 Å². The average molecular weight is 498 g/mol. The van der Waals surface area contributed by atoms with Gasteiger partial charge in [-0.2, -0.15) is 0 Å². The van der Waals surface area contributed by atoms with Crippen LogP contribution >= 0.6 is 0 Å². The summed E-state index contributed by atoms with van der Waals surface area (Å²) in [5, 5.41) is 0. The molecule has 0 aromatic heterocycles. The molecule has 0 aliphatic heterocycles. The van der Waals surface area contributed by atoms with Crippen molar-refractivity contribution in [2.24, 2.45) is 0 Å². The van der Waals surface area contributed by atoms with Crippen LogP contribution in [0.3, 0.4) is 0 Å². The first-order chi connectivity index (χ1) is 17.4. The highest BCUT2D eigenvalue weighted by molar-refractivity contribution is 7.97. The summed E-state index contributed by atoms with van der Waals surface area (Å²) in [7, 11) is -0.255. The fourth-order valence-corrected chi connectivity index (χ4v) is 5.55. The molecule has 0 aliphatic carbocycles. The molecule has 4 aromatic rings. The minimum atomic E-state index is -1.05. The number of hydrogen-bond acceptors (Lipinski definition) is 3. The van der Waals surface area contributed by atoms with E-state index in [2.05, 4.69) is 36.1 Å². The van der Waals surface area contributed by atoms with Gasteiger partial charge in [-0.05, 0) is 80.6 Å². The van der Waals surface area contributed by atoms with Crippen LogP contribution in [0.25, 0.3) is 0 Å². The normalized spacial score (nSPS) is 10.9. The molecule has 0 atom stereocenters. The van der Waals surface area contributed by atoms with Crippen molar-refractivity contribution in [3.05, 3.63) is 121 Å². The van der Waals surface area contributed by atoms with Crippen molar-refractivity contribution < 1.29 is 18.7 Å². The van der Waals surface area contributed by atoms with Gasteiger partial charge in [-0.15, -0.1) is 0 Å². The Morgan fingerprint density at radius 1 is 0.806 bits per heavy atom. The van der Waals surface area contributed by atoms with E-state index in [0.717, 1.165) is 4.90 Å². The van der Waals surface area contributed by atoms with Gasteiger partial charge in [0.05, 0.1) is 10.9 Å². The number of esters is 1. The summed E-state index contributed by atoms with van der Waals surface area (Å²) in [5.41, 5.74) is -0.531. The van der Waals surface area contributed by atoms with Gasteiger partial charge in [-0.1, -0.05) is 54.3 Å². The molecule has 4 aromatic carbocycles. The molecule has 0 amide bonds. The standard InChI is InChI=1S/C31H26FO3S/c1-31(2,21-20-24-10-9-11-25(32)22-24)35-30(33)23-34-26-16-18-29(19-17-26)36(27-12-5-3-6-13-27)28-14-7-4-8-15-28/h3-19,22H,23H2,1-2H3/q+1. The van der Waals surface area contributed by atoms with Gasteiger partial charge in [0.1, 0.15) is 11.6 Å². The van der Waals surface area contributed by atoms with Crippen LogP contribution < -0.4 is 4.74 Å². The quantitative estimate of drug-likeness (QED) is 0.162. The summed E-state index contributed by atoms with van der Waals surface area (Å²) in [4.78, 5) is 16.0. The molecule has 0 aliphatic rings. The third-order valence-corrected chi connectivity index (χ3v) is 7.31. The molecule has 0 bridgehead atoms. The van der Waals surface area contributed by atoms with Gasteiger partial charge in [-0.25, -0.2) is 9.18 Å². The largest absolute Gasteiger partial charge is 0.482 e. The Labute approximate surface area is 214 Å². The monoisotopic (exact) mass is 497 g/mol. The second kappa shape index (κ2) is 11.6. The number of carbonyl (C=O) groups is 1.